The minimum Gasteiger partial charge on any atom is -0.508 e. The Morgan fingerprint density at radius 3 is 2.04 bits per heavy atom. The maximum absolute atomic E-state index is 14.4. The fourth-order valence-electron chi connectivity index (χ4n) is 9.92. The summed E-state index contributed by atoms with van der Waals surface area (Å²) in [6, 6.07) is 3.14. The van der Waals surface area contributed by atoms with E-state index in [4.69, 9.17) is 16.9 Å². The first-order valence-corrected chi connectivity index (χ1v) is 27.9. The molecule has 6 rings (SSSR count). The van der Waals surface area contributed by atoms with Gasteiger partial charge >= 0.3 is 0 Å². The van der Waals surface area contributed by atoms with E-state index < -0.39 is 127 Å². The molecular formula is C55H77N17O12. The van der Waals surface area contributed by atoms with Crippen molar-refractivity contribution in [1.82, 2.24) is 73.0 Å². The zero-order valence-corrected chi connectivity index (χ0v) is 46.9. The number of phenols is 1. The molecule has 29 heteroatoms. The monoisotopic (exact) mass is 1170 g/mol. The largest absolute Gasteiger partial charge is 0.508 e. The van der Waals surface area contributed by atoms with Crippen molar-refractivity contribution in [3.05, 3.63) is 84.1 Å². The number of nitrogens with two attached hydrogens (primary N) is 2. The van der Waals surface area contributed by atoms with Gasteiger partial charge in [0.15, 0.2) is 5.96 Å². The zero-order chi connectivity index (χ0) is 60.9. The summed E-state index contributed by atoms with van der Waals surface area (Å²) in [4.78, 5) is 148. The van der Waals surface area contributed by atoms with E-state index >= 15 is 0 Å². The van der Waals surface area contributed by atoms with Crippen molar-refractivity contribution < 1.29 is 58.2 Å². The lowest BCUT2D eigenvalue weighted by Crippen LogP contribution is -2.60. The van der Waals surface area contributed by atoms with Crippen LogP contribution in [0.1, 0.15) is 75.6 Å². The first-order valence-electron chi connectivity index (χ1n) is 27.9. The lowest BCUT2D eigenvalue weighted by molar-refractivity contribution is -0.142. The molecule has 2 aliphatic heterocycles. The first-order chi connectivity index (χ1) is 40.2. The van der Waals surface area contributed by atoms with Crippen molar-refractivity contribution in [2.45, 2.75) is 126 Å². The number of para-hydroxylation sites is 1. The minimum atomic E-state index is -1.72. The summed E-state index contributed by atoms with van der Waals surface area (Å²) >= 11 is 0. The molecule has 2 aromatic heterocycles. The van der Waals surface area contributed by atoms with E-state index in [9.17, 15) is 58.2 Å². The number of nitrogens with one attached hydrogen (secondary N) is 13. The number of benzene rings is 2. The summed E-state index contributed by atoms with van der Waals surface area (Å²) in [6.07, 6.45) is 6.59. The number of rotatable bonds is 31. The maximum atomic E-state index is 14.4. The third-order valence-electron chi connectivity index (χ3n) is 14.2. The highest BCUT2D eigenvalue weighted by molar-refractivity contribution is 5.98. The van der Waals surface area contributed by atoms with Crippen molar-refractivity contribution in [3.8, 4) is 5.75 Å². The number of primary amides is 1. The number of carbonyl (C=O) groups is 10. The molecule has 0 saturated carbocycles. The SMILES string of the molecule is CC(C)C[C@H](NC(=O)CNC(=O)[C@H](Cc1ccc(O)cc1)NC(=O)[C@H](CO)NC(=O)[C@H](Cc1c[nH]c2ccccc12)NC(=O)[C@H](Cc1cnc[nH]1)NC(=O)[C@@H]1CCCN1)C(=O)N[C@@H](CCCNC(=N)N)C(=O)N1CCC[C@H]1C(=O)NCC(N)=O. The van der Waals surface area contributed by atoms with E-state index in [1.165, 1.54) is 41.7 Å². The van der Waals surface area contributed by atoms with Gasteiger partial charge in [-0.3, -0.25) is 53.4 Å². The van der Waals surface area contributed by atoms with E-state index in [-0.39, 0.29) is 75.7 Å². The lowest BCUT2D eigenvalue weighted by atomic mass is 10.0. The Hall–Kier alpha value is -9.12. The maximum Gasteiger partial charge on any atom is 0.245 e. The molecular weight excluding hydrogens is 1090 g/mol. The molecule has 0 spiro atoms. The van der Waals surface area contributed by atoms with Gasteiger partial charge in [0.1, 0.15) is 48.0 Å². The Balaban J connectivity index is 1.15. The standard InChI is InChI=1S/C55H77N17O12/c1-30(2)20-39(49(79)67-38(11-6-18-61-55(57)58)54(84)72-19-7-12-44(72)53(83)63-26-45(56)75)66-46(76)27-64-47(77)40(21-31-13-15-34(74)16-14-31)68-52(82)43(28-73)71-50(80)41(22-32-24-62-36-9-4-3-8-35(32)36)69-51(81)42(23-33-25-59-29-65-33)70-48(78)37-10-5-17-60-37/h3-4,8-9,13-16,24-25,29-30,37-44,60,62,73-74H,5-7,10-12,17-23,26-28H2,1-2H3,(H2,56,75)(H,59,65)(H,63,83)(H,64,77)(H,66,76)(H,67,79)(H,68,82)(H,69,81)(H,70,78)(H,71,80)(H4,57,58,61)/t37-,38-,39-,40-,41-,42-,43-,44-/m0/s1. The number of aromatic amines is 2. The summed E-state index contributed by atoms with van der Waals surface area (Å²) in [5.41, 5.74) is 12.9. The molecule has 454 valence electrons. The summed E-state index contributed by atoms with van der Waals surface area (Å²) < 4.78 is 0. The number of amides is 10. The van der Waals surface area contributed by atoms with E-state index in [1.807, 2.05) is 18.2 Å². The van der Waals surface area contributed by atoms with E-state index in [0.717, 1.165) is 17.3 Å². The Kier molecular flexibility index (Phi) is 23.9. The molecule has 4 aromatic rings. The van der Waals surface area contributed by atoms with Crippen LogP contribution >= 0.6 is 0 Å². The molecule has 19 N–H and O–H groups in total. The number of aliphatic hydroxyl groups is 1. The number of hydrogen-bond acceptors (Lipinski definition) is 15. The second-order valence-corrected chi connectivity index (χ2v) is 21.2. The smallest absolute Gasteiger partial charge is 0.245 e. The molecule has 29 nitrogen and oxygen atoms in total. The molecule has 8 atom stereocenters. The number of aromatic hydroxyl groups is 1. The zero-order valence-electron chi connectivity index (χ0n) is 46.9. The number of fused-ring (bicyclic) bond motifs is 1. The minimum absolute atomic E-state index is 0.0228. The number of imidazole rings is 1. The number of guanidine groups is 1. The number of nitrogens with zero attached hydrogens (tertiary/aromatic N) is 2. The predicted octanol–water partition coefficient (Wildman–Crippen LogP) is -3.70. The van der Waals surface area contributed by atoms with Crippen molar-refractivity contribution in [1.29, 1.82) is 5.41 Å². The van der Waals surface area contributed by atoms with Crippen LogP contribution in [0.4, 0.5) is 0 Å². The van der Waals surface area contributed by atoms with Gasteiger partial charge in [0.05, 0.1) is 32.1 Å². The van der Waals surface area contributed by atoms with E-state index in [0.29, 0.717) is 36.2 Å². The second kappa shape index (κ2) is 31.4. The molecule has 0 radical (unpaired) electrons. The van der Waals surface area contributed by atoms with Crippen molar-refractivity contribution in [3.63, 3.8) is 0 Å². The van der Waals surface area contributed by atoms with Crippen LogP contribution in [0.5, 0.6) is 5.75 Å². The number of hydrogen-bond donors (Lipinski definition) is 17. The van der Waals surface area contributed by atoms with Gasteiger partial charge in [-0.05, 0) is 86.7 Å². The summed E-state index contributed by atoms with van der Waals surface area (Å²) in [6.45, 7) is 2.38. The predicted molar refractivity (Wildman–Crippen MR) is 304 cm³/mol. The molecule has 10 amide bonds. The summed E-state index contributed by atoms with van der Waals surface area (Å²) in [5.74, 6) is -8.19. The van der Waals surface area contributed by atoms with Crippen LogP contribution in [-0.4, -0.2) is 183 Å². The van der Waals surface area contributed by atoms with Crippen LogP contribution in [0.2, 0.25) is 0 Å². The summed E-state index contributed by atoms with van der Waals surface area (Å²) in [7, 11) is 0. The molecule has 2 aromatic carbocycles. The third kappa shape index (κ3) is 19.2. The average molecular weight is 1170 g/mol. The molecule has 2 fully saturated rings. The van der Waals surface area contributed by atoms with Gasteiger partial charge in [-0.2, -0.15) is 0 Å². The van der Waals surface area contributed by atoms with Crippen LogP contribution in [0, 0.1) is 11.3 Å². The summed E-state index contributed by atoms with van der Waals surface area (Å²) in [5, 5.41) is 55.5. The Bertz CT molecular complexity index is 2950. The molecule has 0 aliphatic carbocycles. The number of aromatic nitrogens is 3. The van der Waals surface area contributed by atoms with Crippen LogP contribution in [-0.2, 0) is 67.2 Å². The van der Waals surface area contributed by atoms with Gasteiger partial charge < -0.3 is 89.7 Å². The van der Waals surface area contributed by atoms with Gasteiger partial charge in [0.2, 0.25) is 59.1 Å². The quantitative estimate of drug-likeness (QED) is 0.0131. The number of carbonyl (C=O) groups excluding carboxylic acids is 10. The van der Waals surface area contributed by atoms with Crippen LogP contribution in [0.25, 0.3) is 10.9 Å². The fraction of sp³-hybridized carbons (Fsp3) is 0.491. The first kappa shape index (κ1) is 64.1. The van der Waals surface area contributed by atoms with Crippen molar-refractivity contribution >= 4 is 75.9 Å². The highest BCUT2D eigenvalue weighted by atomic mass is 16.3. The molecule has 84 heavy (non-hydrogen) atoms. The van der Waals surface area contributed by atoms with Crippen LogP contribution in [0.3, 0.4) is 0 Å². The third-order valence-corrected chi connectivity index (χ3v) is 14.2. The molecule has 0 unspecified atom stereocenters. The van der Waals surface area contributed by atoms with Gasteiger partial charge in [-0.25, -0.2) is 4.98 Å². The second-order valence-electron chi connectivity index (χ2n) is 21.2. The molecule has 2 saturated heterocycles. The van der Waals surface area contributed by atoms with Crippen molar-refractivity contribution in [2.75, 3.05) is 39.3 Å². The van der Waals surface area contributed by atoms with Gasteiger partial charge in [0, 0.05) is 61.3 Å². The highest BCUT2D eigenvalue weighted by Gasteiger charge is 2.39. The molecule has 0 bridgehead atoms. The number of H-pyrrole nitrogens is 2. The number of phenolic OH excluding ortho intramolecular Hbond substituents is 1. The number of aliphatic hydroxyl groups excluding tert-OH is 1. The van der Waals surface area contributed by atoms with Gasteiger partial charge in [0.25, 0.3) is 0 Å². The number of likely N-dealkylation sites (tertiary alicyclic amines) is 1. The van der Waals surface area contributed by atoms with Crippen molar-refractivity contribution in [2.24, 2.45) is 17.4 Å². The van der Waals surface area contributed by atoms with E-state index in [2.05, 4.69) is 68.1 Å². The Morgan fingerprint density at radius 2 is 1.38 bits per heavy atom. The average Bonchev–Trinajstić information content (AvgIpc) is 4.15. The van der Waals surface area contributed by atoms with E-state index in [1.54, 1.807) is 26.1 Å². The highest BCUT2D eigenvalue weighted by Crippen LogP contribution is 2.22. The Labute approximate surface area is 484 Å². The van der Waals surface area contributed by atoms with Crippen LogP contribution < -0.4 is 64.6 Å². The lowest BCUT2D eigenvalue weighted by Gasteiger charge is -2.30. The van der Waals surface area contributed by atoms with Crippen LogP contribution in [0.15, 0.2) is 67.3 Å². The van der Waals surface area contributed by atoms with Gasteiger partial charge in [-0.15, -0.1) is 0 Å². The normalized spacial score (nSPS) is 16.9. The topological polar surface area (TPSA) is 455 Å². The Morgan fingerprint density at radius 1 is 0.714 bits per heavy atom. The van der Waals surface area contributed by atoms with Gasteiger partial charge in [-0.1, -0.05) is 44.2 Å². The fourth-order valence-corrected chi connectivity index (χ4v) is 9.92. The molecule has 2 aliphatic rings. The molecule has 4 heterocycles.